The van der Waals surface area contributed by atoms with Crippen molar-refractivity contribution in [2.24, 2.45) is 0 Å². The van der Waals surface area contributed by atoms with Crippen LogP contribution in [-0.4, -0.2) is 77.6 Å². The van der Waals surface area contributed by atoms with E-state index < -0.39 is 10.0 Å². The lowest BCUT2D eigenvalue weighted by atomic mass is 10.3. The van der Waals surface area contributed by atoms with Gasteiger partial charge in [-0.05, 0) is 37.6 Å². The van der Waals surface area contributed by atoms with Gasteiger partial charge in [0.05, 0.1) is 44.8 Å². The molecule has 10 heteroatoms. The summed E-state index contributed by atoms with van der Waals surface area (Å²) >= 11 is 0. The molecule has 1 aliphatic heterocycles. The summed E-state index contributed by atoms with van der Waals surface area (Å²) in [5.74, 6) is 0.237. The van der Waals surface area contributed by atoms with Crippen LogP contribution < -0.4 is 15.0 Å². The van der Waals surface area contributed by atoms with Gasteiger partial charge in [-0.2, -0.15) is 4.31 Å². The van der Waals surface area contributed by atoms with E-state index in [1.165, 1.54) is 11.4 Å². The van der Waals surface area contributed by atoms with Crippen LogP contribution in [0.1, 0.15) is 19.8 Å². The fourth-order valence-corrected chi connectivity index (χ4v) is 4.54. The third kappa shape index (κ3) is 6.98. The molecule has 1 aromatic rings. The Morgan fingerprint density at radius 3 is 2.41 bits per heavy atom. The van der Waals surface area contributed by atoms with Gasteiger partial charge in [-0.25, -0.2) is 8.42 Å². The average molecular weight is 429 g/mol. The molecular formula is C19H30N3O6S+. The first kappa shape index (κ1) is 23.1. The van der Waals surface area contributed by atoms with Crippen molar-refractivity contribution in [1.82, 2.24) is 9.62 Å². The molecule has 2 rings (SSSR count). The van der Waals surface area contributed by atoms with E-state index in [0.717, 1.165) is 4.90 Å². The fourth-order valence-electron chi connectivity index (χ4n) is 3.10. The number of hydrogen-bond donors (Lipinski definition) is 2. The van der Waals surface area contributed by atoms with Gasteiger partial charge in [0.1, 0.15) is 5.75 Å². The van der Waals surface area contributed by atoms with E-state index in [2.05, 4.69) is 10.1 Å². The van der Waals surface area contributed by atoms with E-state index in [9.17, 15) is 18.0 Å². The zero-order valence-electron chi connectivity index (χ0n) is 17.0. The number of amides is 1. The number of piperazine rings is 1. The van der Waals surface area contributed by atoms with Gasteiger partial charge in [0.2, 0.25) is 10.0 Å². The van der Waals surface area contributed by atoms with Gasteiger partial charge < -0.3 is 19.7 Å². The fraction of sp³-hybridized carbons (Fsp3) is 0.579. The lowest BCUT2D eigenvalue weighted by Crippen LogP contribution is -3.15. The Bertz CT molecular complexity index is 774. The van der Waals surface area contributed by atoms with Gasteiger partial charge in [-0.15, -0.1) is 0 Å². The minimum atomic E-state index is -3.55. The van der Waals surface area contributed by atoms with Crippen molar-refractivity contribution in [2.45, 2.75) is 24.7 Å². The highest BCUT2D eigenvalue weighted by Gasteiger charge is 2.31. The predicted octanol–water partition coefficient (Wildman–Crippen LogP) is -0.956. The smallest absolute Gasteiger partial charge is 0.305 e. The molecule has 162 valence electrons. The maximum atomic E-state index is 12.8. The molecule has 0 saturated carbocycles. The first-order chi connectivity index (χ1) is 13.9. The van der Waals surface area contributed by atoms with Crippen LogP contribution in [0.25, 0.3) is 0 Å². The topological polar surface area (TPSA) is 106 Å². The maximum absolute atomic E-state index is 12.8. The van der Waals surface area contributed by atoms with Crippen LogP contribution in [0.5, 0.6) is 5.75 Å². The quantitative estimate of drug-likeness (QED) is 0.367. The van der Waals surface area contributed by atoms with Gasteiger partial charge in [0, 0.05) is 13.0 Å². The number of sulfonamides is 1. The minimum absolute atomic E-state index is 0.104. The molecule has 0 unspecified atom stereocenters. The Morgan fingerprint density at radius 1 is 1.17 bits per heavy atom. The number of carbonyl (C=O) groups excluding carboxylic acids is 2. The molecule has 0 radical (unpaired) electrons. The van der Waals surface area contributed by atoms with Crippen LogP contribution in [0.2, 0.25) is 0 Å². The molecule has 9 nitrogen and oxygen atoms in total. The zero-order chi connectivity index (χ0) is 21.3. The van der Waals surface area contributed by atoms with Crippen LogP contribution in [-0.2, 0) is 24.3 Å². The van der Waals surface area contributed by atoms with Gasteiger partial charge in [0.25, 0.3) is 5.91 Å². The summed E-state index contributed by atoms with van der Waals surface area (Å²) in [4.78, 5) is 24.3. The number of quaternary nitrogens is 1. The second kappa shape index (κ2) is 11.1. The number of esters is 1. The van der Waals surface area contributed by atoms with Gasteiger partial charge in [0.15, 0.2) is 6.54 Å². The highest BCUT2D eigenvalue weighted by Crippen LogP contribution is 2.19. The van der Waals surface area contributed by atoms with Crippen LogP contribution in [0, 0.1) is 0 Å². The molecular weight excluding hydrogens is 398 g/mol. The second-order valence-electron chi connectivity index (χ2n) is 6.76. The normalized spacial score (nSPS) is 15.7. The standard InChI is InChI=1S/C19H29N3O6S/c1-3-28-16-6-8-17(9-7-16)29(25,26)22-13-11-21(12-14-22)15-18(23)20-10-4-5-19(24)27-2/h6-9H,3-5,10-15H2,1-2H3,(H,20,23)/p+1. The summed E-state index contributed by atoms with van der Waals surface area (Å²) in [5, 5.41) is 2.78. The summed E-state index contributed by atoms with van der Waals surface area (Å²) in [5.41, 5.74) is 0. The summed E-state index contributed by atoms with van der Waals surface area (Å²) in [7, 11) is -2.22. The van der Waals surface area contributed by atoms with E-state index in [1.54, 1.807) is 24.3 Å². The Balaban J connectivity index is 1.77. The van der Waals surface area contributed by atoms with E-state index in [4.69, 9.17) is 4.74 Å². The summed E-state index contributed by atoms with van der Waals surface area (Å²) < 4.78 is 37.0. The molecule has 0 aromatic heterocycles. The molecule has 1 aliphatic rings. The number of ether oxygens (including phenoxy) is 2. The van der Waals surface area contributed by atoms with Crippen molar-refractivity contribution in [3.63, 3.8) is 0 Å². The molecule has 1 saturated heterocycles. The molecule has 1 heterocycles. The monoisotopic (exact) mass is 428 g/mol. The van der Waals surface area contributed by atoms with Crippen LogP contribution in [0.3, 0.4) is 0 Å². The molecule has 0 spiro atoms. The van der Waals surface area contributed by atoms with Gasteiger partial charge >= 0.3 is 5.97 Å². The Hall–Kier alpha value is -2.17. The van der Waals surface area contributed by atoms with E-state index in [1.807, 2.05) is 6.92 Å². The van der Waals surface area contributed by atoms with Crippen molar-refractivity contribution in [2.75, 3.05) is 53.0 Å². The first-order valence-electron chi connectivity index (χ1n) is 9.77. The third-order valence-electron chi connectivity index (χ3n) is 4.72. The number of nitrogens with one attached hydrogen (secondary N) is 2. The van der Waals surface area contributed by atoms with Crippen molar-refractivity contribution in [1.29, 1.82) is 0 Å². The number of hydrogen-bond acceptors (Lipinski definition) is 6. The third-order valence-corrected chi connectivity index (χ3v) is 6.63. The number of nitrogens with zero attached hydrogens (tertiary/aromatic N) is 1. The molecule has 1 fully saturated rings. The second-order valence-corrected chi connectivity index (χ2v) is 8.70. The van der Waals surface area contributed by atoms with Crippen LogP contribution in [0.15, 0.2) is 29.2 Å². The lowest BCUT2D eigenvalue weighted by Gasteiger charge is -2.31. The number of benzene rings is 1. The minimum Gasteiger partial charge on any atom is -0.494 e. The number of carbonyl (C=O) groups is 2. The summed E-state index contributed by atoms with van der Waals surface area (Å²) in [6.45, 7) is 4.94. The highest BCUT2D eigenvalue weighted by molar-refractivity contribution is 7.89. The number of rotatable bonds is 10. The van der Waals surface area contributed by atoms with Crippen LogP contribution in [0.4, 0.5) is 0 Å². The van der Waals surface area contributed by atoms with Crippen molar-refractivity contribution in [3.05, 3.63) is 24.3 Å². The first-order valence-corrected chi connectivity index (χ1v) is 11.2. The zero-order valence-corrected chi connectivity index (χ0v) is 17.8. The van der Waals surface area contributed by atoms with Gasteiger partial charge in [-0.3, -0.25) is 9.59 Å². The summed E-state index contributed by atoms with van der Waals surface area (Å²) in [6, 6.07) is 6.42. The van der Waals surface area contributed by atoms with E-state index >= 15 is 0 Å². The van der Waals surface area contributed by atoms with Crippen molar-refractivity contribution < 1.29 is 32.4 Å². The maximum Gasteiger partial charge on any atom is 0.305 e. The SMILES string of the molecule is CCOc1ccc(S(=O)(=O)N2CC[NH+](CC(=O)NCCCC(=O)OC)CC2)cc1. The molecule has 29 heavy (non-hydrogen) atoms. The van der Waals surface area contributed by atoms with E-state index in [0.29, 0.717) is 51.5 Å². The molecule has 0 atom stereocenters. The van der Waals surface area contributed by atoms with Gasteiger partial charge in [-0.1, -0.05) is 0 Å². The Kier molecular flexibility index (Phi) is 8.87. The molecule has 1 amide bonds. The average Bonchev–Trinajstić information content (AvgIpc) is 2.72. The Labute approximate surface area is 172 Å². The van der Waals surface area contributed by atoms with E-state index in [-0.39, 0.29) is 29.7 Å². The Morgan fingerprint density at radius 2 is 1.83 bits per heavy atom. The number of methoxy groups -OCH3 is 1. The summed E-state index contributed by atoms with van der Waals surface area (Å²) in [6.07, 6.45) is 0.799. The van der Waals surface area contributed by atoms with Crippen molar-refractivity contribution >= 4 is 21.9 Å². The molecule has 2 N–H and O–H groups in total. The molecule has 0 bridgehead atoms. The largest absolute Gasteiger partial charge is 0.494 e. The molecule has 0 aliphatic carbocycles. The highest BCUT2D eigenvalue weighted by atomic mass is 32.2. The predicted molar refractivity (Wildman–Crippen MR) is 106 cm³/mol. The van der Waals surface area contributed by atoms with Crippen LogP contribution >= 0.6 is 0 Å². The van der Waals surface area contributed by atoms with Crippen molar-refractivity contribution in [3.8, 4) is 5.75 Å². The molecule has 1 aromatic carbocycles. The lowest BCUT2D eigenvalue weighted by molar-refractivity contribution is -0.895.